The van der Waals surface area contributed by atoms with Crippen LogP contribution in [0.1, 0.15) is 46.7 Å². The number of hydrogen-bond acceptors (Lipinski definition) is 7. The summed E-state index contributed by atoms with van der Waals surface area (Å²) in [6.45, 7) is 5.62. The lowest BCUT2D eigenvalue weighted by Crippen LogP contribution is -2.33. The summed E-state index contributed by atoms with van der Waals surface area (Å²) in [5.74, 6) is -0.653. The van der Waals surface area contributed by atoms with Gasteiger partial charge in [0.15, 0.2) is 5.76 Å². The van der Waals surface area contributed by atoms with E-state index in [4.69, 9.17) is 4.74 Å². The summed E-state index contributed by atoms with van der Waals surface area (Å²) in [6, 6.07) is 16.4. The summed E-state index contributed by atoms with van der Waals surface area (Å²) < 4.78 is 5.72. The first-order valence-corrected chi connectivity index (χ1v) is 13.3. The Morgan fingerprint density at radius 2 is 1.84 bits per heavy atom. The van der Waals surface area contributed by atoms with Gasteiger partial charge in [-0.25, -0.2) is 4.98 Å². The average molecular weight is 520 g/mol. The summed E-state index contributed by atoms with van der Waals surface area (Å²) in [7, 11) is 3.94. The molecular formula is C29H33N3O4S. The highest BCUT2D eigenvalue weighted by molar-refractivity contribution is 7.17. The Kier molecular flexibility index (Phi) is 8.41. The van der Waals surface area contributed by atoms with Gasteiger partial charge in [-0.05, 0) is 58.1 Å². The highest BCUT2D eigenvalue weighted by atomic mass is 32.1. The van der Waals surface area contributed by atoms with E-state index in [1.165, 1.54) is 11.3 Å². The molecule has 2 aromatic carbocycles. The van der Waals surface area contributed by atoms with Crippen molar-refractivity contribution in [1.82, 2.24) is 14.8 Å². The fraction of sp³-hybridized carbons (Fsp3) is 0.345. The minimum Gasteiger partial charge on any atom is -0.503 e. The molecule has 3 aromatic rings. The number of rotatable bonds is 11. The first-order chi connectivity index (χ1) is 17.8. The molecule has 194 valence electrons. The highest BCUT2D eigenvalue weighted by Crippen LogP contribution is 2.41. The normalized spacial score (nSPS) is 15.6. The van der Waals surface area contributed by atoms with Gasteiger partial charge in [0, 0.05) is 12.1 Å². The summed E-state index contributed by atoms with van der Waals surface area (Å²) in [5, 5.41) is 11.7. The van der Waals surface area contributed by atoms with Gasteiger partial charge in [0.2, 0.25) is 5.78 Å². The molecule has 1 aliphatic rings. The number of hydrogen-bond donors (Lipinski definition) is 1. The maximum Gasteiger partial charge on any atom is 0.290 e. The maximum absolute atomic E-state index is 13.9. The van der Waals surface area contributed by atoms with E-state index in [2.05, 4.69) is 4.98 Å². The third-order valence-electron chi connectivity index (χ3n) is 6.24. The van der Waals surface area contributed by atoms with Gasteiger partial charge in [-0.1, -0.05) is 49.4 Å². The van der Waals surface area contributed by atoms with Gasteiger partial charge in [-0.3, -0.25) is 9.59 Å². The van der Waals surface area contributed by atoms with Crippen LogP contribution in [0.4, 0.5) is 0 Å². The summed E-state index contributed by atoms with van der Waals surface area (Å²) in [6.07, 6.45) is 1.60. The van der Waals surface area contributed by atoms with Crippen LogP contribution in [0.3, 0.4) is 0 Å². The SMILES string of the molecule is CCCOc1ccc(C2C(C(=O)c3sc(-c4ccccc4)nc3C)=C(O)C(=O)N2CCCN(C)C)cc1. The van der Waals surface area contributed by atoms with Crippen LogP contribution in [-0.4, -0.2) is 65.4 Å². The van der Waals surface area contributed by atoms with Crippen molar-refractivity contribution >= 4 is 23.0 Å². The quantitative estimate of drug-likeness (QED) is 0.340. The second-order valence-electron chi connectivity index (χ2n) is 9.37. The van der Waals surface area contributed by atoms with Gasteiger partial charge in [-0.2, -0.15) is 0 Å². The van der Waals surface area contributed by atoms with Gasteiger partial charge in [0.05, 0.1) is 28.8 Å². The fourth-order valence-corrected chi connectivity index (χ4v) is 5.45. The van der Waals surface area contributed by atoms with E-state index in [1.807, 2.05) is 80.5 Å². The molecule has 1 aromatic heterocycles. The molecule has 0 saturated carbocycles. The summed E-state index contributed by atoms with van der Waals surface area (Å²) in [5.41, 5.74) is 2.35. The first kappa shape index (κ1) is 26.6. The molecule has 0 bridgehead atoms. The maximum atomic E-state index is 13.9. The molecule has 0 aliphatic carbocycles. The van der Waals surface area contributed by atoms with Crippen LogP contribution < -0.4 is 4.74 Å². The van der Waals surface area contributed by atoms with Crippen molar-refractivity contribution in [3.05, 3.63) is 82.1 Å². The monoisotopic (exact) mass is 519 g/mol. The first-order valence-electron chi connectivity index (χ1n) is 12.5. The molecule has 1 N–H and O–H groups in total. The topological polar surface area (TPSA) is 83.0 Å². The Hall–Kier alpha value is -3.49. The number of aliphatic hydroxyl groups excluding tert-OH is 1. The lowest BCUT2D eigenvalue weighted by atomic mass is 9.95. The van der Waals surface area contributed by atoms with Crippen LogP contribution in [0.2, 0.25) is 0 Å². The minimum atomic E-state index is -0.691. The zero-order chi connectivity index (χ0) is 26.5. The molecule has 7 nitrogen and oxygen atoms in total. The number of aliphatic hydroxyl groups is 1. The Bertz CT molecular complexity index is 1280. The average Bonchev–Trinajstić information content (AvgIpc) is 3.40. The molecule has 1 atom stereocenters. The van der Waals surface area contributed by atoms with Gasteiger partial charge >= 0.3 is 0 Å². The molecule has 0 spiro atoms. The number of carbonyl (C=O) groups excluding carboxylic acids is 2. The molecule has 1 aliphatic heterocycles. The van der Waals surface area contributed by atoms with Crippen LogP contribution >= 0.6 is 11.3 Å². The van der Waals surface area contributed by atoms with Crippen LogP contribution in [0.25, 0.3) is 10.6 Å². The molecule has 0 fully saturated rings. The van der Waals surface area contributed by atoms with Crippen molar-refractivity contribution in [2.75, 3.05) is 33.8 Å². The third-order valence-corrected chi connectivity index (χ3v) is 7.45. The van der Waals surface area contributed by atoms with E-state index in [-0.39, 0.29) is 11.4 Å². The zero-order valence-corrected chi connectivity index (χ0v) is 22.5. The van der Waals surface area contributed by atoms with E-state index < -0.39 is 17.7 Å². The Balaban J connectivity index is 1.71. The molecule has 1 unspecified atom stereocenters. The largest absolute Gasteiger partial charge is 0.503 e. The van der Waals surface area contributed by atoms with E-state index in [0.29, 0.717) is 30.1 Å². The van der Waals surface area contributed by atoms with Crippen LogP contribution in [0.5, 0.6) is 5.75 Å². The summed E-state index contributed by atoms with van der Waals surface area (Å²) >= 11 is 1.28. The Morgan fingerprint density at radius 1 is 1.14 bits per heavy atom. The van der Waals surface area contributed by atoms with Crippen molar-refractivity contribution in [1.29, 1.82) is 0 Å². The second-order valence-corrected chi connectivity index (χ2v) is 10.4. The standard InChI is InChI=1S/C29H33N3O4S/c1-5-18-36-22-14-12-20(13-15-22)24-23(26(34)29(35)32(24)17-9-16-31(3)4)25(33)27-19(2)30-28(37-27)21-10-7-6-8-11-21/h6-8,10-15,24,34H,5,9,16-18H2,1-4H3. The van der Waals surface area contributed by atoms with E-state index >= 15 is 0 Å². The lowest BCUT2D eigenvalue weighted by Gasteiger charge is -2.27. The number of aromatic nitrogens is 1. The van der Waals surface area contributed by atoms with Crippen molar-refractivity contribution in [2.45, 2.75) is 32.7 Å². The summed E-state index contributed by atoms with van der Waals surface area (Å²) in [4.78, 5) is 35.9. The molecule has 1 amide bonds. The number of carbonyl (C=O) groups is 2. The van der Waals surface area contributed by atoms with E-state index in [9.17, 15) is 14.7 Å². The number of nitrogens with zero attached hydrogens (tertiary/aromatic N) is 3. The number of ketones is 1. The Morgan fingerprint density at radius 3 is 2.49 bits per heavy atom. The van der Waals surface area contributed by atoms with Crippen LogP contribution in [-0.2, 0) is 4.79 Å². The van der Waals surface area contributed by atoms with Gasteiger partial charge in [0.25, 0.3) is 5.91 Å². The molecular weight excluding hydrogens is 486 g/mol. The molecule has 0 saturated heterocycles. The molecule has 8 heteroatoms. The fourth-order valence-electron chi connectivity index (χ4n) is 4.42. The number of ether oxygens (including phenoxy) is 1. The second kappa shape index (κ2) is 11.7. The van der Waals surface area contributed by atoms with E-state index in [1.54, 1.807) is 11.8 Å². The van der Waals surface area contributed by atoms with Crippen molar-refractivity contribution in [3.63, 3.8) is 0 Å². The number of amides is 1. The van der Waals surface area contributed by atoms with Gasteiger partial charge in [-0.15, -0.1) is 11.3 Å². The molecule has 0 radical (unpaired) electrons. The van der Waals surface area contributed by atoms with Crippen molar-refractivity contribution in [2.24, 2.45) is 0 Å². The van der Waals surface area contributed by atoms with Crippen LogP contribution in [0.15, 0.2) is 65.9 Å². The van der Waals surface area contributed by atoms with Crippen molar-refractivity contribution in [3.8, 4) is 16.3 Å². The predicted molar refractivity (Wildman–Crippen MR) is 146 cm³/mol. The van der Waals surface area contributed by atoms with Crippen LogP contribution in [0, 0.1) is 6.92 Å². The molecule has 2 heterocycles. The third kappa shape index (κ3) is 5.76. The highest BCUT2D eigenvalue weighted by Gasteiger charge is 2.44. The van der Waals surface area contributed by atoms with Crippen molar-refractivity contribution < 1.29 is 19.4 Å². The van der Waals surface area contributed by atoms with Gasteiger partial charge in [0.1, 0.15) is 10.8 Å². The number of aryl methyl sites for hydroxylation is 1. The molecule has 37 heavy (non-hydrogen) atoms. The predicted octanol–water partition coefficient (Wildman–Crippen LogP) is 5.44. The number of thiazole rings is 1. The number of benzene rings is 2. The Labute approximate surface area is 222 Å². The lowest BCUT2D eigenvalue weighted by molar-refractivity contribution is -0.129. The zero-order valence-electron chi connectivity index (χ0n) is 21.7. The molecule has 4 rings (SSSR count). The smallest absolute Gasteiger partial charge is 0.290 e. The minimum absolute atomic E-state index is 0.100. The number of Topliss-reactive ketones (excluding diaryl/α,β-unsaturated/α-hetero) is 1. The van der Waals surface area contributed by atoms with E-state index in [0.717, 1.165) is 34.8 Å². The van der Waals surface area contributed by atoms with Gasteiger partial charge < -0.3 is 19.6 Å².